The van der Waals surface area contributed by atoms with Gasteiger partial charge in [-0.1, -0.05) is 23.7 Å². The highest BCUT2D eigenvalue weighted by molar-refractivity contribution is 6.30. The summed E-state index contributed by atoms with van der Waals surface area (Å²) in [5.74, 6) is 0.412. The van der Waals surface area contributed by atoms with Crippen LogP contribution in [0.25, 0.3) is 11.0 Å². The van der Waals surface area contributed by atoms with E-state index >= 15 is 0 Å². The normalized spacial score (nSPS) is 10.9. The van der Waals surface area contributed by atoms with E-state index in [9.17, 15) is 4.79 Å². The molecule has 0 fully saturated rings. The van der Waals surface area contributed by atoms with E-state index in [0.717, 1.165) is 5.56 Å². The molecule has 7 heteroatoms. The van der Waals surface area contributed by atoms with Crippen LogP contribution >= 0.6 is 11.6 Å². The highest BCUT2D eigenvalue weighted by atomic mass is 35.5. The number of nitrogens with zero attached hydrogens (tertiary/aromatic N) is 3. The molecule has 0 aliphatic rings. The molecule has 2 aromatic heterocycles. The van der Waals surface area contributed by atoms with Crippen molar-refractivity contribution in [2.45, 2.75) is 6.54 Å². The summed E-state index contributed by atoms with van der Waals surface area (Å²) in [7, 11) is 1.71. The first-order valence-corrected chi connectivity index (χ1v) is 6.41. The molecule has 3 aromatic rings. The molecule has 0 atom stereocenters. The Kier molecular flexibility index (Phi) is 3.15. The third-order valence-electron chi connectivity index (χ3n) is 2.95. The SMILES string of the molecule is Cn1ncc2nc(NCc3cccc(Cl)c3)[nH]c(=O)c21. The lowest BCUT2D eigenvalue weighted by Crippen LogP contribution is -2.15. The van der Waals surface area contributed by atoms with Crippen molar-refractivity contribution in [3.63, 3.8) is 0 Å². The molecule has 0 saturated heterocycles. The summed E-state index contributed by atoms with van der Waals surface area (Å²) in [6.07, 6.45) is 1.56. The maximum Gasteiger partial charge on any atom is 0.278 e. The Hall–Kier alpha value is -2.34. The lowest BCUT2D eigenvalue weighted by molar-refractivity contribution is 0.792. The van der Waals surface area contributed by atoms with Gasteiger partial charge in [-0.25, -0.2) is 4.98 Å². The number of benzene rings is 1. The molecule has 0 unspecified atom stereocenters. The topological polar surface area (TPSA) is 75.6 Å². The van der Waals surface area contributed by atoms with E-state index in [0.29, 0.717) is 28.5 Å². The van der Waals surface area contributed by atoms with Crippen molar-refractivity contribution in [2.75, 3.05) is 5.32 Å². The standard InChI is InChI=1S/C13H12ClN5O/c1-19-11-10(7-16-19)17-13(18-12(11)20)15-6-8-3-2-4-9(14)5-8/h2-5,7H,6H2,1H3,(H2,15,17,18,20). The zero-order chi connectivity index (χ0) is 14.1. The number of hydrogen-bond donors (Lipinski definition) is 2. The molecule has 0 radical (unpaired) electrons. The van der Waals surface area contributed by atoms with Crippen LogP contribution in [0.2, 0.25) is 5.02 Å². The Morgan fingerprint density at radius 2 is 2.30 bits per heavy atom. The Bertz CT molecular complexity index is 823. The average molecular weight is 290 g/mol. The number of aromatic nitrogens is 4. The van der Waals surface area contributed by atoms with E-state index < -0.39 is 0 Å². The minimum atomic E-state index is -0.219. The maximum absolute atomic E-state index is 11.9. The zero-order valence-electron chi connectivity index (χ0n) is 10.7. The predicted molar refractivity (Wildman–Crippen MR) is 77.9 cm³/mol. The summed E-state index contributed by atoms with van der Waals surface area (Å²) in [6, 6.07) is 7.49. The van der Waals surface area contributed by atoms with E-state index in [-0.39, 0.29) is 5.56 Å². The van der Waals surface area contributed by atoms with Crippen LogP contribution in [0.15, 0.2) is 35.3 Å². The zero-order valence-corrected chi connectivity index (χ0v) is 11.5. The number of anilines is 1. The van der Waals surface area contributed by atoms with Crippen LogP contribution in [0, 0.1) is 0 Å². The van der Waals surface area contributed by atoms with E-state index in [2.05, 4.69) is 20.4 Å². The lowest BCUT2D eigenvalue weighted by Gasteiger charge is -2.05. The van der Waals surface area contributed by atoms with Crippen molar-refractivity contribution in [3.8, 4) is 0 Å². The minimum absolute atomic E-state index is 0.219. The maximum atomic E-state index is 11.9. The summed E-state index contributed by atoms with van der Waals surface area (Å²) in [4.78, 5) is 18.9. The first-order chi connectivity index (χ1) is 9.63. The second kappa shape index (κ2) is 4.97. The summed E-state index contributed by atoms with van der Waals surface area (Å²) in [5, 5.41) is 7.76. The monoisotopic (exact) mass is 289 g/mol. The largest absolute Gasteiger partial charge is 0.352 e. The van der Waals surface area contributed by atoms with E-state index in [1.165, 1.54) is 4.68 Å². The first kappa shape index (κ1) is 12.7. The van der Waals surface area contributed by atoms with Gasteiger partial charge in [0, 0.05) is 18.6 Å². The van der Waals surface area contributed by atoms with E-state index in [1.807, 2.05) is 24.3 Å². The van der Waals surface area contributed by atoms with Gasteiger partial charge >= 0.3 is 0 Å². The highest BCUT2D eigenvalue weighted by Crippen LogP contribution is 2.12. The van der Waals surface area contributed by atoms with Crippen LogP contribution in [-0.4, -0.2) is 19.7 Å². The molecule has 1 aromatic carbocycles. The van der Waals surface area contributed by atoms with Crippen LogP contribution in [0.3, 0.4) is 0 Å². The number of H-pyrrole nitrogens is 1. The number of nitrogens with one attached hydrogen (secondary N) is 2. The molecule has 3 rings (SSSR count). The number of aryl methyl sites for hydroxylation is 1. The quantitative estimate of drug-likeness (QED) is 0.772. The van der Waals surface area contributed by atoms with Crippen molar-refractivity contribution in [3.05, 3.63) is 51.4 Å². The molecule has 2 heterocycles. The van der Waals surface area contributed by atoms with Crippen LogP contribution in [0.4, 0.5) is 5.95 Å². The average Bonchev–Trinajstić information content (AvgIpc) is 2.79. The van der Waals surface area contributed by atoms with Crippen molar-refractivity contribution >= 4 is 28.6 Å². The summed E-state index contributed by atoms with van der Waals surface area (Å²) in [6.45, 7) is 0.523. The molecule has 20 heavy (non-hydrogen) atoms. The smallest absolute Gasteiger partial charge is 0.278 e. The molecule has 0 bridgehead atoms. The Balaban J connectivity index is 1.86. The number of rotatable bonds is 3. The molecule has 0 spiro atoms. The molecule has 102 valence electrons. The molecule has 0 saturated carbocycles. The van der Waals surface area contributed by atoms with Gasteiger partial charge in [0.05, 0.1) is 6.20 Å². The molecule has 6 nitrogen and oxygen atoms in total. The van der Waals surface area contributed by atoms with Crippen LogP contribution in [0.1, 0.15) is 5.56 Å². The van der Waals surface area contributed by atoms with Crippen LogP contribution in [-0.2, 0) is 13.6 Å². The second-order valence-corrected chi connectivity index (χ2v) is 4.84. The van der Waals surface area contributed by atoms with Crippen LogP contribution in [0.5, 0.6) is 0 Å². The molecule has 2 N–H and O–H groups in total. The van der Waals surface area contributed by atoms with Gasteiger partial charge in [0.2, 0.25) is 5.95 Å². The van der Waals surface area contributed by atoms with Gasteiger partial charge in [-0.05, 0) is 17.7 Å². The van der Waals surface area contributed by atoms with E-state index in [1.54, 1.807) is 13.2 Å². The fourth-order valence-electron chi connectivity index (χ4n) is 2.00. The van der Waals surface area contributed by atoms with Gasteiger partial charge < -0.3 is 5.32 Å². The Labute approximate surface area is 119 Å². The van der Waals surface area contributed by atoms with Crippen molar-refractivity contribution < 1.29 is 0 Å². The van der Waals surface area contributed by atoms with Crippen molar-refractivity contribution in [1.29, 1.82) is 0 Å². The molecule has 0 aliphatic heterocycles. The fourth-order valence-corrected chi connectivity index (χ4v) is 2.22. The Morgan fingerprint density at radius 3 is 3.10 bits per heavy atom. The van der Waals surface area contributed by atoms with Gasteiger partial charge in [-0.15, -0.1) is 0 Å². The second-order valence-electron chi connectivity index (χ2n) is 4.40. The molecule has 0 amide bonds. The fraction of sp³-hybridized carbons (Fsp3) is 0.154. The summed E-state index contributed by atoms with van der Waals surface area (Å²) >= 11 is 5.92. The van der Waals surface area contributed by atoms with Gasteiger partial charge in [0.15, 0.2) is 5.52 Å². The first-order valence-electron chi connectivity index (χ1n) is 6.04. The number of halogens is 1. The summed E-state index contributed by atoms with van der Waals surface area (Å²) < 4.78 is 1.50. The molecular formula is C13H12ClN5O. The van der Waals surface area contributed by atoms with Crippen molar-refractivity contribution in [1.82, 2.24) is 19.7 Å². The van der Waals surface area contributed by atoms with Gasteiger partial charge in [0.25, 0.3) is 5.56 Å². The van der Waals surface area contributed by atoms with Gasteiger partial charge in [-0.2, -0.15) is 5.10 Å². The predicted octanol–water partition coefficient (Wildman–Crippen LogP) is 1.92. The van der Waals surface area contributed by atoms with Crippen molar-refractivity contribution in [2.24, 2.45) is 7.05 Å². The molecular weight excluding hydrogens is 278 g/mol. The number of hydrogen-bond acceptors (Lipinski definition) is 4. The summed E-state index contributed by atoms with van der Waals surface area (Å²) in [5.41, 5.74) is 1.80. The molecule has 0 aliphatic carbocycles. The van der Waals surface area contributed by atoms with Crippen LogP contribution < -0.4 is 10.9 Å². The lowest BCUT2D eigenvalue weighted by atomic mass is 10.2. The third kappa shape index (κ3) is 2.37. The number of aromatic amines is 1. The number of fused-ring (bicyclic) bond motifs is 1. The van der Waals surface area contributed by atoms with Gasteiger partial charge in [0.1, 0.15) is 5.52 Å². The Morgan fingerprint density at radius 1 is 1.45 bits per heavy atom. The minimum Gasteiger partial charge on any atom is -0.352 e. The highest BCUT2D eigenvalue weighted by Gasteiger charge is 2.07. The van der Waals surface area contributed by atoms with E-state index in [4.69, 9.17) is 11.6 Å². The third-order valence-corrected chi connectivity index (χ3v) is 3.18. The van der Waals surface area contributed by atoms with Gasteiger partial charge in [-0.3, -0.25) is 14.5 Å².